The minimum Gasteiger partial charge on any atom is -0.456 e. The topological polar surface area (TPSA) is 48.7 Å². The highest BCUT2D eigenvalue weighted by Gasteiger charge is 2.24. The van der Waals surface area contributed by atoms with Gasteiger partial charge in [-0.15, -0.1) is 0 Å². The van der Waals surface area contributed by atoms with Gasteiger partial charge in [0.15, 0.2) is 5.76 Å². The van der Waals surface area contributed by atoms with Crippen molar-refractivity contribution in [2.24, 2.45) is 0 Å². The Bertz CT molecular complexity index is 520. The van der Waals surface area contributed by atoms with Crippen molar-refractivity contribution in [2.45, 2.75) is 45.7 Å². The van der Waals surface area contributed by atoms with Crippen LogP contribution in [-0.4, -0.2) is 54.5 Å². The maximum absolute atomic E-state index is 12.5. The van der Waals surface area contributed by atoms with Crippen LogP contribution in [0.1, 0.15) is 48.1 Å². The fourth-order valence-electron chi connectivity index (χ4n) is 3.42. The SMILES string of the molecule is Cc1oc(C(=O)N2CCNCC2)cc1CN1CCCCC1C. The predicted molar refractivity (Wildman–Crippen MR) is 85.9 cm³/mol. The van der Waals surface area contributed by atoms with E-state index in [9.17, 15) is 4.79 Å². The first-order valence-corrected chi connectivity index (χ1v) is 8.48. The Hall–Kier alpha value is -1.33. The van der Waals surface area contributed by atoms with Crippen molar-refractivity contribution in [1.29, 1.82) is 0 Å². The highest BCUT2D eigenvalue weighted by atomic mass is 16.4. The van der Waals surface area contributed by atoms with E-state index in [-0.39, 0.29) is 5.91 Å². The molecule has 1 atom stereocenters. The summed E-state index contributed by atoms with van der Waals surface area (Å²) < 4.78 is 5.77. The number of hydrogen-bond donors (Lipinski definition) is 1. The monoisotopic (exact) mass is 305 g/mol. The lowest BCUT2D eigenvalue weighted by Gasteiger charge is -2.33. The van der Waals surface area contributed by atoms with E-state index >= 15 is 0 Å². The average molecular weight is 305 g/mol. The summed E-state index contributed by atoms with van der Waals surface area (Å²) in [7, 11) is 0. The van der Waals surface area contributed by atoms with E-state index in [2.05, 4.69) is 17.1 Å². The number of carbonyl (C=O) groups excluding carboxylic acids is 1. The van der Waals surface area contributed by atoms with E-state index < -0.39 is 0 Å². The molecular weight excluding hydrogens is 278 g/mol. The average Bonchev–Trinajstić information content (AvgIpc) is 2.91. The molecule has 1 N–H and O–H groups in total. The second-order valence-electron chi connectivity index (χ2n) is 6.55. The maximum Gasteiger partial charge on any atom is 0.289 e. The quantitative estimate of drug-likeness (QED) is 0.928. The molecular formula is C17H27N3O2. The molecule has 0 saturated carbocycles. The number of aryl methyl sites for hydroxylation is 1. The largest absolute Gasteiger partial charge is 0.456 e. The van der Waals surface area contributed by atoms with E-state index in [0.717, 1.165) is 50.6 Å². The Kier molecular flexibility index (Phi) is 4.84. The predicted octanol–water partition coefficient (Wildman–Crippen LogP) is 2.01. The van der Waals surface area contributed by atoms with Gasteiger partial charge in [-0.3, -0.25) is 9.69 Å². The van der Waals surface area contributed by atoms with E-state index in [1.165, 1.54) is 19.3 Å². The second kappa shape index (κ2) is 6.84. The van der Waals surface area contributed by atoms with Crippen molar-refractivity contribution in [3.63, 3.8) is 0 Å². The summed E-state index contributed by atoms with van der Waals surface area (Å²) in [5, 5.41) is 3.27. The van der Waals surface area contributed by atoms with E-state index in [0.29, 0.717) is 11.8 Å². The van der Waals surface area contributed by atoms with E-state index in [1.54, 1.807) is 0 Å². The molecule has 22 heavy (non-hydrogen) atoms. The maximum atomic E-state index is 12.5. The van der Waals surface area contributed by atoms with Crippen LogP contribution in [0, 0.1) is 6.92 Å². The molecule has 0 spiro atoms. The third-order valence-corrected chi connectivity index (χ3v) is 4.95. The first-order valence-electron chi connectivity index (χ1n) is 8.48. The number of amides is 1. The van der Waals surface area contributed by atoms with E-state index in [4.69, 9.17) is 4.42 Å². The summed E-state index contributed by atoms with van der Waals surface area (Å²) in [4.78, 5) is 16.9. The molecule has 2 saturated heterocycles. The van der Waals surface area contributed by atoms with Crippen LogP contribution < -0.4 is 5.32 Å². The molecule has 0 radical (unpaired) electrons. The molecule has 5 heteroatoms. The lowest BCUT2D eigenvalue weighted by atomic mass is 10.0. The Labute approximate surface area is 132 Å². The Balaban J connectivity index is 1.68. The molecule has 2 aliphatic heterocycles. The molecule has 3 heterocycles. The number of furan rings is 1. The molecule has 1 aromatic heterocycles. The lowest BCUT2D eigenvalue weighted by molar-refractivity contribution is 0.0702. The molecule has 1 aromatic rings. The highest BCUT2D eigenvalue weighted by molar-refractivity contribution is 5.91. The van der Waals surface area contributed by atoms with Crippen LogP contribution in [0.2, 0.25) is 0 Å². The van der Waals surface area contributed by atoms with Gasteiger partial charge in [0.1, 0.15) is 5.76 Å². The van der Waals surface area contributed by atoms with Gasteiger partial charge in [-0.25, -0.2) is 0 Å². The molecule has 5 nitrogen and oxygen atoms in total. The first-order chi connectivity index (χ1) is 10.6. The molecule has 1 amide bonds. The van der Waals surface area contributed by atoms with Gasteiger partial charge in [0.05, 0.1) is 0 Å². The smallest absolute Gasteiger partial charge is 0.289 e. The Morgan fingerprint density at radius 1 is 1.32 bits per heavy atom. The molecule has 2 fully saturated rings. The van der Waals surface area contributed by atoms with Gasteiger partial charge >= 0.3 is 0 Å². The van der Waals surface area contributed by atoms with Crippen LogP contribution in [-0.2, 0) is 6.54 Å². The van der Waals surface area contributed by atoms with Gasteiger partial charge in [-0.05, 0) is 39.3 Å². The Morgan fingerprint density at radius 3 is 2.82 bits per heavy atom. The summed E-state index contributed by atoms with van der Waals surface area (Å²) in [6.45, 7) is 9.55. The van der Waals surface area contributed by atoms with Gasteiger partial charge in [-0.1, -0.05) is 6.42 Å². The van der Waals surface area contributed by atoms with Crippen LogP contribution in [0.25, 0.3) is 0 Å². The van der Waals surface area contributed by atoms with Crippen molar-refractivity contribution in [3.05, 3.63) is 23.2 Å². The summed E-state index contributed by atoms with van der Waals surface area (Å²) >= 11 is 0. The molecule has 3 rings (SSSR count). The summed E-state index contributed by atoms with van der Waals surface area (Å²) in [6.07, 6.45) is 3.87. The third kappa shape index (κ3) is 3.36. The zero-order chi connectivity index (χ0) is 15.5. The number of carbonyl (C=O) groups is 1. The van der Waals surface area contributed by atoms with Crippen LogP contribution in [0.3, 0.4) is 0 Å². The van der Waals surface area contributed by atoms with Gasteiger partial charge in [0.25, 0.3) is 5.91 Å². The Morgan fingerprint density at radius 2 is 2.09 bits per heavy atom. The van der Waals surface area contributed by atoms with Crippen LogP contribution >= 0.6 is 0 Å². The number of piperidine rings is 1. The molecule has 0 aromatic carbocycles. The van der Waals surface area contributed by atoms with Gasteiger partial charge < -0.3 is 14.6 Å². The number of rotatable bonds is 3. The fraction of sp³-hybridized carbons (Fsp3) is 0.706. The van der Waals surface area contributed by atoms with Crippen LogP contribution in [0.4, 0.5) is 0 Å². The molecule has 122 valence electrons. The van der Waals surface area contributed by atoms with Crippen molar-refractivity contribution in [1.82, 2.24) is 15.1 Å². The zero-order valence-corrected chi connectivity index (χ0v) is 13.7. The van der Waals surface area contributed by atoms with Gasteiger partial charge in [-0.2, -0.15) is 0 Å². The van der Waals surface area contributed by atoms with Gasteiger partial charge in [0, 0.05) is 44.3 Å². The zero-order valence-electron chi connectivity index (χ0n) is 13.7. The van der Waals surface area contributed by atoms with Crippen molar-refractivity contribution in [2.75, 3.05) is 32.7 Å². The van der Waals surface area contributed by atoms with Crippen molar-refractivity contribution >= 4 is 5.91 Å². The molecule has 0 aliphatic carbocycles. The number of nitrogens with one attached hydrogen (secondary N) is 1. The molecule has 2 aliphatic rings. The molecule has 1 unspecified atom stereocenters. The second-order valence-corrected chi connectivity index (χ2v) is 6.55. The van der Waals surface area contributed by atoms with Crippen molar-refractivity contribution in [3.8, 4) is 0 Å². The third-order valence-electron chi connectivity index (χ3n) is 4.95. The minimum absolute atomic E-state index is 0.0301. The minimum atomic E-state index is 0.0301. The molecule has 0 bridgehead atoms. The number of nitrogens with zero attached hydrogens (tertiary/aromatic N) is 2. The van der Waals surface area contributed by atoms with E-state index in [1.807, 2.05) is 17.9 Å². The highest BCUT2D eigenvalue weighted by Crippen LogP contribution is 2.23. The summed E-state index contributed by atoms with van der Waals surface area (Å²) in [5.41, 5.74) is 1.16. The first kappa shape index (κ1) is 15.6. The van der Waals surface area contributed by atoms with Crippen LogP contribution in [0.5, 0.6) is 0 Å². The number of piperazine rings is 1. The standard InChI is InChI=1S/C17H27N3O2/c1-13-5-3-4-8-20(13)12-15-11-16(22-14(15)2)17(21)19-9-6-18-7-10-19/h11,13,18H,3-10,12H2,1-2H3. The van der Waals surface area contributed by atoms with Gasteiger partial charge in [0.2, 0.25) is 0 Å². The van der Waals surface area contributed by atoms with Crippen LogP contribution in [0.15, 0.2) is 10.5 Å². The summed E-state index contributed by atoms with van der Waals surface area (Å²) in [6, 6.07) is 2.58. The number of likely N-dealkylation sites (tertiary alicyclic amines) is 1. The van der Waals surface area contributed by atoms with Crippen molar-refractivity contribution < 1.29 is 9.21 Å². The number of hydrogen-bond acceptors (Lipinski definition) is 4. The fourth-order valence-corrected chi connectivity index (χ4v) is 3.42. The normalized spacial score (nSPS) is 23.7. The lowest BCUT2D eigenvalue weighted by Crippen LogP contribution is -2.46. The summed E-state index contributed by atoms with van der Waals surface area (Å²) in [5.74, 6) is 1.41.